The first-order valence-corrected chi connectivity index (χ1v) is 5.80. The highest BCUT2D eigenvalue weighted by Gasteiger charge is 2.20. The van der Waals surface area contributed by atoms with E-state index in [1.807, 2.05) is 25.1 Å². The molecule has 0 fully saturated rings. The molecule has 3 rings (SSSR count). The van der Waals surface area contributed by atoms with Gasteiger partial charge in [0.2, 0.25) is 0 Å². The van der Waals surface area contributed by atoms with Gasteiger partial charge in [0.05, 0.1) is 5.69 Å². The Labute approximate surface area is 109 Å². The molecule has 0 saturated heterocycles. The predicted molar refractivity (Wildman–Crippen MR) is 70.1 cm³/mol. The number of hydrogen-bond acceptors (Lipinski definition) is 3. The fraction of sp³-hybridized carbons (Fsp3) is 0.0714. The molecule has 0 unspecified atom stereocenters. The van der Waals surface area contributed by atoms with Gasteiger partial charge in [-0.1, -0.05) is 6.07 Å². The van der Waals surface area contributed by atoms with Crippen molar-refractivity contribution in [3.8, 4) is 11.4 Å². The summed E-state index contributed by atoms with van der Waals surface area (Å²) >= 11 is 0. The topological polar surface area (TPSA) is 67.5 Å². The van der Waals surface area contributed by atoms with Crippen molar-refractivity contribution in [3.63, 3.8) is 0 Å². The molecule has 0 radical (unpaired) electrons. The van der Waals surface area contributed by atoms with E-state index in [1.54, 1.807) is 28.9 Å². The molecule has 3 aromatic heterocycles. The summed E-state index contributed by atoms with van der Waals surface area (Å²) in [5.74, 6) is -1.02. The fourth-order valence-corrected chi connectivity index (χ4v) is 2.03. The first kappa shape index (κ1) is 11.4. The van der Waals surface area contributed by atoms with Crippen LogP contribution in [0, 0.1) is 6.92 Å². The van der Waals surface area contributed by atoms with Gasteiger partial charge in [-0.15, -0.1) is 0 Å². The SMILES string of the molecule is Cc1ccn2c(C(=O)O)c(-c3ccccn3)nc2c1. The number of carbonyl (C=O) groups is 1. The van der Waals surface area contributed by atoms with E-state index >= 15 is 0 Å². The van der Waals surface area contributed by atoms with Crippen LogP contribution in [0.5, 0.6) is 0 Å². The molecule has 3 heterocycles. The molecule has 0 aliphatic heterocycles. The van der Waals surface area contributed by atoms with Gasteiger partial charge < -0.3 is 5.11 Å². The lowest BCUT2D eigenvalue weighted by molar-refractivity contribution is 0.0690. The van der Waals surface area contributed by atoms with Crippen LogP contribution in [-0.4, -0.2) is 25.4 Å². The van der Waals surface area contributed by atoms with Gasteiger partial charge in [0.25, 0.3) is 0 Å². The van der Waals surface area contributed by atoms with Crippen molar-refractivity contribution in [3.05, 3.63) is 54.0 Å². The van der Waals surface area contributed by atoms with E-state index in [1.165, 1.54) is 0 Å². The summed E-state index contributed by atoms with van der Waals surface area (Å²) in [5, 5.41) is 9.39. The number of aromatic carboxylic acids is 1. The minimum Gasteiger partial charge on any atom is -0.476 e. The maximum Gasteiger partial charge on any atom is 0.355 e. The van der Waals surface area contributed by atoms with E-state index in [9.17, 15) is 9.90 Å². The van der Waals surface area contributed by atoms with Gasteiger partial charge in [-0.3, -0.25) is 9.38 Å². The lowest BCUT2D eigenvalue weighted by Crippen LogP contribution is -2.03. The van der Waals surface area contributed by atoms with Gasteiger partial charge in [0.1, 0.15) is 11.3 Å². The molecule has 0 atom stereocenters. The number of pyridine rings is 2. The molecule has 5 heteroatoms. The van der Waals surface area contributed by atoms with Crippen molar-refractivity contribution < 1.29 is 9.90 Å². The Bertz CT molecular complexity index is 763. The van der Waals surface area contributed by atoms with Crippen molar-refractivity contribution in [2.45, 2.75) is 6.92 Å². The third-order valence-electron chi connectivity index (χ3n) is 2.89. The molecule has 0 spiro atoms. The quantitative estimate of drug-likeness (QED) is 0.761. The molecule has 1 N–H and O–H groups in total. The van der Waals surface area contributed by atoms with Gasteiger partial charge in [-0.05, 0) is 36.8 Å². The molecule has 5 nitrogen and oxygen atoms in total. The van der Waals surface area contributed by atoms with Crippen LogP contribution in [0.15, 0.2) is 42.7 Å². The van der Waals surface area contributed by atoms with Crippen LogP contribution in [0.4, 0.5) is 0 Å². The van der Waals surface area contributed by atoms with Gasteiger partial charge in [0, 0.05) is 12.4 Å². The van der Waals surface area contributed by atoms with Crippen LogP contribution in [-0.2, 0) is 0 Å². The minimum absolute atomic E-state index is 0.133. The number of imidazole rings is 1. The Morgan fingerprint density at radius 1 is 1.32 bits per heavy atom. The van der Waals surface area contributed by atoms with Crippen LogP contribution >= 0.6 is 0 Å². The highest BCUT2D eigenvalue weighted by Crippen LogP contribution is 2.23. The number of fused-ring (bicyclic) bond motifs is 1. The maximum absolute atomic E-state index is 11.5. The Kier molecular flexibility index (Phi) is 2.52. The zero-order chi connectivity index (χ0) is 13.4. The van der Waals surface area contributed by atoms with Crippen LogP contribution in [0.1, 0.15) is 16.1 Å². The number of hydrogen-bond donors (Lipinski definition) is 1. The summed E-state index contributed by atoms with van der Waals surface area (Å²) < 4.78 is 1.57. The standard InChI is InChI=1S/C14H11N3O2/c1-9-5-7-17-11(8-9)16-12(13(17)14(18)19)10-4-2-3-6-15-10/h2-8H,1H3,(H,18,19). The Hall–Kier alpha value is -2.69. The molecule has 0 bridgehead atoms. The van der Waals surface area contributed by atoms with Crippen LogP contribution in [0.2, 0.25) is 0 Å². The van der Waals surface area contributed by atoms with Gasteiger partial charge >= 0.3 is 5.97 Å². The second-order valence-corrected chi connectivity index (χ2v) is 4.26. The molecule has 19 heavy (non-hydrogen) atoms. The van der Waals surface area contributed by atoms with Crippen molar-refractivity contribution in [1.82, 2.24) is 14.4 Å². The van der Waals surface area contributed by atoms with E-state index in [0.717, 1.165) is 5.56 Å². The molecule has 0 aromatic carbocycles. The number of aryl methyl sites for hydroxylation is 1. The second-order valence-electron chi connectivity index (χ2n) is 4.26. The third kappa shape index (κ3) is 1.85. The molecule has 3 aromatic rings. The number of nitrogens with zero attached hydrogens (tertiary/aromatic N) is 3. The first-order valence-electron chi connectivity index (χ1n) is 5.80. The monoisotopic (exact) mass is 253 g/mol. The van der Waals surface area contributed by atoms with E-state index in [4.69, 9.17) is 0 Å². The summed E-state index contributed by atoms with van der Waals surface area (Å²) in [4.78, 5) is 20.0. The largest absolute Gasteiger partial charge is 0.476 e. The van der Waals surface area contributed by atoms with Gasteiger partial charge in [-0.2, -0.15) is 0 Å². The van der Waals surface area contributed by atoms with Crippen molar-refractivity contribution in [2.75, 3.05) is 0 Å². The Morgan fingerprint density at radius 3 is 2.84 bits per heavy atom. The average molecular weight is 253 g/mol. The van der Waals surface area contributed by atoms with Crippen LogP contribution in [0.25, 0.3) is 17.0 Å². The molecule has 0 amide bonds. The van der Waals surface area contributed by atoms with Crippen LogP contribution in [0.3, 0.4) is 0 Å². The average Bonchev–Trinajstić information content (AvgIpc) is 2.78. The number of carboxylic acids is 1. The smallest absolute Gasteiger partial charge is 0.355 e. The van der Waals surface area contributed by atoms with Crippen LogP contribution < -0.4 is 0 Å². The molecular weight excluding hydrogens is 242 g/mol. The summed E-state index contributed by atoms with van der Waals surface area (Å²) in [6.07, 6.45) is 3.34. The number of rotatable bonds is 2. The molecule has 94 valence electrons. The van der Waals surface area contributed by atoms with Crippen molar-refractivity contribution in [2.24, 2.45) is 0 Å². The number of aromatic nitrogens is 3. The van der Waals surface area contributed by atoms with E-state index in [-0.39, 0.29) is 5.69 Å². The minimum atomic E-state index is -1.02. The summed E-state index contributed by atoms with van der Waals surface area (Å²) in [6, 6.07) is 9.04. The maximum atomic E-state index is 11.5. The molecule has 0 saturated carbocycles. The molecular formula is C14H11N3O2. The molecule has 0 aliphatic carbocycles. The Morgan fingerprint density at radius 2 is 2.16 bits per heavy atom. The zero-order valence-electron chi connectivity index (χ0n) is 10.2. The zero-order valence-corrected chi connectivity index (χ0v) is 10.2. The first-order chi connectivity index (χ1) is 9.16. The second kappa shape index (κ2) is 4.20. The molecule has 0 aliphatic rings. The third-order valence-corrected chi connectivity index (χ3v) is 2.89. The van der Waals surface area contributed by atoms with Gasteiger partial charge in [-0.25, -0.2) is 9.78 Å². The van der Waals surface area contributed by atoms with E-state index in [0.29, 0.717) is 17.0 Å². The van der Waals surface area contributed by atoms with E-state index < -0.39 is 5.97 Å². The van der Waals surface area contributed by atoms with Gasteiger partial charge in [0.15, 0.2) is 5.69 Å². The Balaban J connectivity index is 2.35. The van der Waals surface area contributed by atoms with Crippen molar-refractivity contribution in [1.29, 1.82) is 0 Å². The number of carboxylic acid groups (broad SMARTS) is 1. The highest BCUT2D eigenvalue weighted by atomic mass is 16.4. The highest BCUT2D eigenvalue weighted by molar-refractivity contribution is 5.94. The predicted octanol–water partition coefficient (Wildman–Crippen LogP) is 2.40. The van der Waals surface area contributed by atoms with Crippen molar-refractivity contribution >= 4 is 11.6 Å². The fourth-order valence-electron chi connectivity index (χ4n) is 2.03. The lowest BCUT2D eigenvalue weighted by atomic mass is 10.2. The summed E-state index contributed by atoms with van der Waals surface area (Å²) in [6.45, 7) is 1.94. The summed E-state index contributed by atoms with van der Waals surface area (Å²) in [7, 11) is 0. The normalized spacial score (nSPS) is 10.8. The lowest BCUT2D eigenvalue weighted by Gasteiger charge is -1.99. The summed E-state index contributed by atoms with van der Waals surface area (Å²) in [5.41, 5.74) is 2.72. The van der Waals surface area contributed by atoms with E-state index in [2.05, 4.69) is 9.97 Å².